The van der Waals surface area contributed by atoms with Gasteiger partial charge in [0.1, 0.15) is 0 Å². The van der Waals surface area contributed by atoms with Gasteiger partial charge in [0.05, 0.1) is 17.6 Å². The Morgan fingerprint density at radius 1 is 0.933 bits per heavy atom. The summed E-state index contributed by atoms with van der Waals surface area (Å²) in [5, 5.41) is 13.8. The summed E-state index contributed by atoms with van der Waals surface area (Å²) in [5.41, 5.74) is 2.33. The fraction of sp³-hybridized carbons (Fsp3) is 0.0435. The molecule has 0 aliphatic carbocycles. The Balaban J connectivity index is 1.93. The van der Waals surface area contributed by atoms with E-state index >= 15 is 0 Å². The summed E-state index contributed by atoms with van der Waals surface area (Å²) in [4.78, 5) is 35.1. The molecule has 0 heterocycles. The largest absolute Gasteiger partial charge is 0.465 e. The predicted molar refractivity (Wildman–Crippen MR) is 114 cm³/mol. The van der Waals surface area contributed by atoms with Gasteiger partial charge in [0, 0.05) is 23.4 Å². The van der Waals surface area contributed by atoms with Crippen LogP contribution in [0.4, 0.5) is 11.4 Å². The van der Waals surface area contributed by atoms with Crippen LogP contribution in [0.3, 0.4) is 0 Å². The molecule has 0 aliphatic rings. The average molecular weight is 402 g/mol. The molecule has 0 bridgehead atoms. The van der Waals surface area contributed by atoms with Crippen LogP contribution in [0.25, 0.3) is 11.6 Å². The van der Waals surface area contributed by atoms with Gasteiger partial charge < -0.3 is 10.1 Å². The number of amides is 1. The van der Waals surface area contributed by atoms with Crippen molar-refractivity contribution in [3.05, 3.63) is 106 Å². The zero-order valence-electron chi connectivity index (χ0n) is 16.1. The molecule has 7 nitrogen and oxygen atoms in total. The number of nitrogens with one attached hydrogen (secondary N) is 1. The number of methoxy groups -OCH3 is 1. The van der Waals surface area contributed by atoms with E-state index < -0.39 is 16.8 Å². The van der Waals surface area contributed by atoms with Gasteiger partial charge in [-0.25, -0.2) is 4.79 Å². The molecule has 3 aromatic carbocycles. The average Bonchev–Trinajstić information content (AvgIpc) is 2.78. The van der Waals surface area contributed by atoms with E-state index in [0.717, 1.165) is 0 Å². The third-order valence-electron chi connectivity index (χ3n) is 4.29. The Kier molecular flexibility index (Phi) is 6.34. The van der Waals surface area contributed by atoms with Crippen molar-refractivity contribution < 1.29 is 19.2 Å². The molecular weight excluding hydrogens is 384 g/mol. The minimum absolute atomic E-state index is 0.0602. The number of nitro groups is 1. The number of nitro benzene ring substituents is 1. The number of nitrogens with zero attached hydrogens (tertiary/aromatic N) is 1. The normalized spacial score (nSPS) is 10.9. The first-order valence-electron chi connectivity index (χ1n) is 8.99. The van der Waals surface area contributed by atoms with Crippen molar-refractivity contribution in [1.82, 2.24) is 0 Å². The quantitative estimate of drug-likeness (QED) is 0.214. The lowest BCUT2D eigenvalue weighted by molar-refractivity contribution is -0.384. The summed E-state index contributed by atoms with van der Waals surface area (Å²) in [6, 6.07) is 21.3. The molecule has 0 atom stereocenters. The van der Waals surface area contributed by atoms with Crippen molar-refractivity contribution in [1.29, 1.82) is 0 Å². The van der Waals surface area contributed by atoms with Crippen LogP contribution in [0.15, 0.2) is 78.9 Å². The summed E-state index contributed by atoms with van der Waals surface area (Å²) < 4.78 is 4.66. The Labute approximate surface area is 172 Å². The van der Waals surface area contributed by atoms with E-state index in [1.165, 1.54) is 19.2 Å². The second-order valence-electron chi connectivity index (χ2n) is 6.30. The van der Waals surface area contributed by atoms with Crippen LogP contribution < -0.4 is 5.32 Å². The van der Waals surface area contributed by atoms with Gasteiger partial charge in [-0.15, -0.1) is 0 Å². The topological polar surface area (TPSA) is 98.5 Å². The highest BCUT2D eigenvalue weighted by molar-refractivity contribution is 6.29. The highest BCUT2D eigenvalue weighted by Crippen LogP contribution is 2.23. The van der Waals surface area contributed by atoms with Gasteiger partial charge in [-0.3, -0.25) is 14.9 Å². The molecule has 1 amide bonds. The molecule has 1 N–H and O–H groups in total. The van der Waals surface area contributed by atoms with Gasteiger partial charge in [0.25, 0.3) is 11.6 Å². The summed E-state index contributed by atoms with van der Waals surface area (Å²) in [6.07, 6.45) is 1.60. The maximum Gasteiger partial charge on any atom is 0.337 e. The predicted octanol–water partition coefficient (Wildman–Crippen LogP) is 4.56. The molecule has 0 radical (unpaired) electrons. The molecular formula is C23H18N2O5. The minimum atomic E-state index is -0.484. The number of benzene rings is 3. The monoisotopic (exact) mass is 402 g/mol. The number of carbonyl (C=O) groups excluding carboxylic acids is 2. The number of non-ortho nitro benzene ring substituents is 1. The lowest BCUT2D eigenvalue weighted by Crippen LogP contribution is -2.14. The first-order valence-corrected chi connectivity index (χ1v) is 8.99. The van der Waals surface area contributed by atoms with Gasteiger partial charge >= 0.3 is 5.97 Å². The number of hydrogen-bond donors (Lipinski definition) is 1. The molecule has 0 aliphatic heterocycles. The molecule has 0 aromatic heterocycles. The molecule has 7 heteroatoms. The highest BCUT2D eigenvalue weighted by Gasteiger charge is 2.14. The van der Waals surface area contributed by atoms with Gasteiger partial charge in [-0.1, -0.05) is 42.5 Å². The Morgan fingerprint density at radius 3 is 2.27 bits per heavy atom. The van der Waals surface area contributed by atoms with Crippen LogP contribution in [0, 0.1) is 10.1 Å². The Bertz CT molecular complexity index is 1110. The van der Waals surface area contributed by atoms with E-state index in [2.05, 4.69) is 10.1 Å². The van der Waals surface area contributed by atoms with Crippen molar-refractivity contribution in [3.8, 4) is 0 Å². The van der Waals surface area contributed by atoms with Crippen LogP contribution in [0.5, 0.6) is 0 Å². The van der Waals surface area contributed by atoms with Crippen molar-refractivity contribution in [2.45, 2.75) is 0 Å². The highest BCUT2D eigenvalue weighted by atomic mass is 16.6. The SMILES string of the molecule is COC(=O)c1ccc(NC(=O)/C(=C/c2cccc([N+](=O)[O-])c2)c2ccccc2)cc1. The summed E-state index contributed by atoms with van der Waals surface area (Å²) in [5.74, 6) is -0.859. The minimum Gasteiger partial charge on any atom is -0.465 e. The second kappa shape index (κ2) is 9.29. The van der Waals surface area contributed by atoms with E-state index in [1.807, 2.05) is 6.07 Å². The fourth-order valence-electron chi connectivity index (χ4n) is 2.80. The Hall–Kier alpha value is -4.26. The maximum atomic E-state index is 13.0. The van der Waals surface area contributed by atoms with Crippen LogP contribution in [-0.4, -0.2) is 23.9 Å². The number of rotatable bonds is 6. The van der Waals surface area contributed by atoms with Gasteiger partial charge in [0.15, 0.2) is 0 Å². The van der Waals surface area contributed by atoms with Crippen molar-refractivity contribution in [2.75, 3.05) is 12.4 Å². The first-order chi connectivity index (χ1) is 14.5. The van der Waals surface area contributed by atoms with Gasteiger partial charge in [-0.05, 0) is 41.5 Å². The lowest BCUT2D eigenvalue weighted by Gasteiger charge is -2.10. The third-order valence-corrected chi connectivity index (χ3v) is 4.29. The third kappa shape index (κ3) is 4.96. The van der Waals surface area contributed by atoms with Crippen molar-refractivity contribution in [2.24, 2.45) is 0 Å². The zero-order valence-corrected chi connectivity index (χ0v) is 16.1. The number of esters is 1. The second-order valence-corrected chi connectivity index (χ2v) is 6.30. The van der Waals surface area contributed by atoms with E-state index in [9.17, 15) is 19.7 Å². The standard InChI is InChI=1S/C23H18N2O5/c1-30-23(27)18-10-12-19(13-11-18)24-22(26)21(17-7-3-2-4-8-17)15-16-6-5-9-20(14-16)25(28)29/h2-15H,1H3,(H,24,26)/b21-15+. The molecule has 150 valence electrons. The number of ether oxygens (including phenoxy) is 1. The molecule has 0 saturated heterocycles. The van der Waals surface area contributed by atoms with Gasteiger partial charge in [-0.2, -0.15) is 0 Å². The van der Waals surface area contributed by atoms with Crippen molar-refractivity contribution >= 4 is 34.9 Å². The summed E-state index contributed by atoms with van der Waals surface area (Å²) >= 11 is 0. The molecule has 0 saturated carbocycles. The van der Waals surface area contributed by atoms with Gasteiger partial charge in [0.2, 0.25) is 0 Å². The molecule has 0 fully saturated rings. The van der Waals surface area contributed by atoms with Crippen molar-refractivity contribution in [3.63, 3.8) is 0 Å². The molecule has 3 rings (SSSR count). The van der Waals surface area contributed by atoms with Crippen LogP contribution in [-0.2, 0) is 9.53 Å². The van der Waals surface area contributed by atoms with E-state index in [4.69, 9.17) is 0 Å². The van der Waals surface area contributed by atoms with Crippen LogP contribution in [0.2, 0.25) is 0 Å². The van der Waals surface area contributed by atoms with E-state index in [1.54, 1.807) is 66.7 Å². The molecule has 3 aromatic rings. The lowest BCUT2D eigenvalue weighted by atomic mass is 10.0. The summed E-state index contributed by atoms with van der Waals surface area (Å²) in [6.45, 7) is 0. The maximum absolute atomic E-state index is 13.0. The fourth-order valence-corrected chi connectivity index (χ4v) is 2.80. The number of anilines is 1. The summed E-state index contributed by atoms with van der Waals surface area (Å²) in [7, 11) is 1.29. The zero-order chi connectivity index (χ0) is 21.5. The number of carbonyl (C=O) groups is 2. The number of hydrogen-bond acceptors (Lipinski definition) is 5. The first kappa shape index (κ1) is 20.5. The smallest absolute Gasteiger partial charge is 0.337 e. The Morgan fingerprint density at radius 2 is 1.63 bits per heavy atom. The van der Waals surface area contributed by atoms with E-state index in [-0.39, 0.29) is 5.69 Å². The molecule has 0 unspecified atom stereocenters. The molecule has 30 heavy (non-hydrogen) atoms. The van der Waals surface area contributed by atoms with Crippen LogP contribution >= 0.6 is 0 Å². The van der Waals surface area contributed by atoms with Crippen LogP contribution in [0.1, 0.15) is 21.5 Å². The molecule has 0 spiro atoms. The van der Waals surface area contributed by atoms with E-state index in [0.29, 0.717) is 28.0 Å².